The molecule has 4 nitrogen and oxygen atoms in total. The Bertz CT molecular complexity index is 92.9. The van der Waals surface area contributed by atoms with Gasteiger partial charge in [0.05, 0.1) is 13.1 Å². The maximum atomic E-state index is 10.1. The fraction of sp³-hybridized carbons (Fsp3) is 0.667. The molecule has 0 spiro atoms. The highest BCUT2D eigenvalue weighted by molar-refractivity contribution is 5.83. The summed E-state index contributed by atoms with van der Waals surface area (Å²) in [7, 11) is 0. The molecule has 0 aliphatic carbocycles. The molecule has 1 fully saturated rings. The van der Waals surface area contributed by atoms with Crippen LogP contribution in [0.2, 0.25) is 0 Å². The average Bonchev–Trinajstić information content (AvgIpc) is 1.87. The van der Waals surface area contributed by atoms with E-state index >= 15 is 0 Å². The normalized spacial score (nSPS) is 23.9. The molecule has 7 heavy (non-hydrogen) atoms. The van der Waals surface area contributed by atoms with Gasteiger partial charge in [0.15, 0.2) is 5.78 Å². The first-order valence-electron chi connectivity index (χ1n) is 1.99. The molecule has 0 aromatic carbocycles. The summed E-state index contributed by atoms with van der Waals surface area (Å²) in [6, 6.07) is 0. The molecular formula is C3H5N2O2-. The number of hydrogen-bond acceptors (Lipinski definition) is 4. The third-order valence-corrected chi connectivity index (χ3v) is 0.773. The number of Topliss-reactive ketones (excluding diaryl/α,β-unsaturated/α-hetero) is 1. The van der Waals surface area contributed by atoms with Crippen LogP contribution in [-0.4, -0.2) is 24.0 Å². The van der Waals surface area contributed by atoms with Crippen molar-refractivity contribution >= 4 is 5.78 Å². The van der Waals surface area contributed by atoms with E-state index < -0.39 is 0 Å². The minimum Gasteiger partial charge on any atom is -0.771 e. The molecule has 0 atom stereocenters. The second-order valence-electron chi connectivity index (χ2n) is 1.41. The van der Waals surface area contributed by atoms with Gasteiger partial charge in [-0.2, -0.15) is 0 Å². The molecule has 0 aromatic heterocycles. The predicted molar refractivity (Wildman–Crippen MR) is 23.1 cm³/mol. The van der Waals surface area contributed by atoms with Gasteiger partial charge in [-0.15, -0.1) is 0 Å². The second kappa shape index (κ2) is 1.57. The highest BCUT2D eigenvalue weighted by Gasteiger charge is 2.08. The van der Waals surface area contributed by atoms with E-state index in [1.807, 2.05) is 0 Å². The number of hydrazine groups is 1. The van der Waals surface area contributed by atoms with Crippen LogP contribution in [0.4, 0.5) is 0 Å². The largest absolute Gasteiger partial charge is 0.771 e. The first-order valence-corrected chi connectivity index (χ1v) is 1.99. The van der Waals surface area contributed by atoms with E-state index in [-0.39, 0.29) is 18.9 Å². The number of carbonyl (C=O) groups excluding carboxylic acids is 1. The number of ketones is 1. The highest BCUT2D eigenvalue weighted by Crippen LogP contribution is 1.86. The Morgan fingerprint density at radius 1 is 1.86 bits per heavy atom. The van der Waals surface area contributed by atoms with Crippen molar-refractivity contribution in [1.29, 1.82) is 0 Å². The molecule has 4 heteroatoms. The molecular weight excluding hydrogens is 96.0 g/mol. The Morgan fingerprint density at radius 2 is 2.57 bits per heavy atom. The highest BCUT2D eigenvalue weighted by atomic mass is 16.5. The minimum atomic E-state index is -0.0463. The molecule has 0 aromatic rings. The molecule has 1 heterocycles. The summed E-state index contributed by atoms with van der Waals surface area (Å²) in [5.74, 6) is -0.0463. The van der Waals surface area contributed by atoms with E-state index in [2.05, 4.69) is 5.43 Å². The fourth-order valence-corrected chi connectivity index (χ4v) is 0.448. The van der Waals surface area contributed by atoms with Gasteiger partial charge in [-0.25, -0.2) is 0 Å². The lowest BCUT2D eigenvalue weighted by atomic mass is 10.4. The number of carbonyl (C=O) groups is 1. The van der Waals surface area contributed by atoms with Crippen molar-refractivity contribution in [3.8, 4) is 0 Å². The third kappa shape index (κ3) is 0.957. The Kier molecular flexibility index (Phi) is 1.06. The Labute approximate surface area is 40.7 Å². The summed E-state index contributed by atoms with van der Waals surface area (Å²) in [5.41, 5.74) is 2.30. The van der Waals surface area contributed by atoms with Gasteiger partial charge in [-0.1, -0.05) is 0 Å². The van der Waals surface area contributed by atoms with Crippen LogP contribution in [-0.2, 0) is 4.79 Å². The molecule has 0 saturated carbocycles. The van der Waals surface area contributed by atoms with Crippen LogP contribution in [0.3, 0.4) is 0 Å². The zero-order valence-electron chi connectivity index (χ0n) is 3.68. The van der Waals surface area contributed by atoms with Crippen LogP contribution in [0.25, 0.3) is 0 Å². The molecule has 1 saturated heterocycles. The van der Waals surface area contributed by atoms with Gasteiger partial charge >= 0.3 is 0 Å². The van der Waals surface area contributed by atoms with Crippen molar-refractivity contribution in [2.75, 3.05) is 13.1 Å². The summed E-state index contributed by atoms with van der Waals surface area (Å²) in [6.07, 6.45) is 0. The maximum Gasteiger partial charge on any atom is 0.162 e. The smallest absolute Gasteiger partial charge is 0.162 e. The zero-order valence-corrected chi connectivity index (χ0v) is 3.68. The van der Waals surface area contributed by atoms with Gasteiger partial charge in [0.25, 0.3) is 0 Å². The number of nitrogens with zero attached hydrogens (tertiary/aromatic N) is 1. The Hall–Kier alpha value is -0.450. The topological polar surface area (TPSA) is 55.4 Å². The lowest BCUT2D eigenvalue weighted by molar-refractivity contribution is -0.115. The monoisotopic (exact) mass is 101 g/mol. The van der Waals surface area contributed by atoms with Gasteiger partial charge in [-0.3, -0.25) is 10.2 Å². The zero-order chi connectivity index (χ0) is 5.28. The third-order valence-electron chi connectivity index (χ3n) is 0.773. The van der Waals surface area contributed by atoms with Gasteiger partial charge in [0, 0.05) is 0 Å². The number of rotatable bonds is 0. The lowest BCUT2D eigenvalue weighted by Gasteiger charge is -2.17. The predicted octanol–water partition coefficient (Wildman–Crippen LogP) is -1.13. The first kappa shape index (κ1) is 4.70. The number of hydrogen-bond donors (Lipinski definition) is 1. The van der Waals surface area contributed by atoms with E-state index in [4.69, 9.17) is 0 Å². The molecule has 1 N–H and O–H groups in total. The molecule has 0 amide bonds. The minimum absolute atomic E-state index is 0.000000000000000222. The summed E-state index contributed by atoms with van der Waals surface area (Å²) in [5, 5.41) is 10.6. The van der Waals surface area contributed by atoms with Crippen molar-refractivity contribution in [2.24, 2.45) is 0 Å². The first-order chi connectivity index (χ1) is 3.29. The van der Waals surface area contributed by atoms with Crippen molar-refractivity contribution in [1.82, 2.24) is 10.6 Å². The van der Waals surface area contributed by atoms with Crippen LogP contribution >= 0.6 is 0 Å². The van der Waals surface area contributed by atoms with E-state index in [1.165, 1.54) is 0 Å². The molecule has 1 rings (SSSR count). The number of hydroxylamine groups is 1. The number of nitrogens with one attached hydrogen (secondary N) is 1. The molecule has 1 aliphatic rings. The molecule has 0 bridgehead atoms. The van der Waals surface area contributed by atoms with Crippen LogP contribution < -0.4 is 5.43 Å². The van der Waals surface area contributed by atoms with E-state index in [1.54, 1.807) is 0 Å². The van der Waals surface area contributed by atoms with Crippen LogP contribution in [0, 0.1) is 5.21 Å². The van der Waals surface area contributed by atoms with Crippen LogP contribution in [0.1, 0.15) is 0 Å². The van der Waals surface area contributed by atoms with Crippen molar-refractivity contribution < 1.29 is 4.79 Å². The summed E-state index contributed by atoms with van der Waals surface area (Å²) < 4.78 is 0. The Balaban J connectivity index is 2.40. The van der Waals surface area contributed by atoms with Crippen molar-refractivity contribution in [3.63, 3.8) is 0 Å². The van der Waals surface area contributed by atoms with E-state index in [0.29, 0.717) is 5.17 Å². The van der Waals surface area contributed by atoms with Gasteiger partial charge in [0.2, 0.25) is 0 Å². The average molecular weight is 101 g/mol. The van der Waals surface area contributed by atoms with Crippen molar-refractivity contribution in [2.45, 2.75) is 0 Å². The van der Waals surface area contributed by atoms with E-state index in [9.17, 15) is 10.0 Å². The standard InChI is InChI=1S/C3H5N2O2/c6-3-1-4-5(7)2-3/h4H,1-2H2/q-1. The lowest BCUT2D eigenvalue weighted by Crippen LogP contribution is -2.23. The second-order valence-corrected chi connectivity index (χ2v) is 1.41. The van der Waals surface area contributed by atoms with Crippen LogP contribution in [0.5, 0.6) is 0 Å². The van der Waals surface area contributed by atoms with Gasteiger partial charge in [0.1, 0.15) is 0 Å². The summed E-state index contributed by atoms with van der Waals surface area (Å²) >= 11 is 0. The molecule has 0 radical (unpaired) electrons. The fourth-order valence-electron chi connectivity index (χ4n) is 0.448. The van der Waals surface area contributed by atoms with Gasteiger partial charge in [-0.05, 0) is 0 Å². The maximum absolute atomic E-state index is 10.1. The van der Waals surface area contributed by atoms with Crippen LogP contribution in [0.15, 0.2) is 0 Å². The molecule has 0 unspecified atom stereocenters. The Morgan fingerprint density at radius 3 is 2.71 bits per heavy atom. The van der Waals surface area contributed by atoms with Crippen molar-refractivity contribution in [3.05, 3.63) is 5.21 Å². The van der Waals surface area contributed by atoms with E-state index in [0.717, 1.165) is 0 Å². The molecule has 1 aliphatic heterocycles. The summed E-state index contributed by atoms with van der Waals surface area (Å²) in [6.45, 7) is 0.198. The summed E-state index contributed by atoms with van der Waals surface area (Å²) in [4.78, 5) is 10.1. The quantitative estimate of drug-likeness (QED) is 0.419. The van der Waals surface area contributed by atoms with Gasteiger partial charge < -0.3 is 10.4 Å². The SMILES string of the molecule is O=C1CNN([O-])C1. The molecule has 40 valence electrons.